The fourth-order valence-corrected chi connectivity index (χ4v) is 6.66. The number of carbonyl (C=O) groups is 1. The zero-order chi connectivity index (χ0) is 27.5. The van der Waals surface area contributed by atoms with Crippen LogP contribution in [0.5, 0.6) is 0 Å². The van der Waals surface area contributed by atoms with Gasteiger partial charge in [0.25, 0.3) is 0 Å². The molecule has 0 unspecified atom stereocenters. The molecule has 3 aromatic rings. The summed E-state index contributed by atoms with van der Waals surface area (Å²) in [4.78, 5) is 28.2. The van der Waals surface area contributed by atoms with Crippen molar-refractivity contribution in [1.29, 1.82) is 5.26 Å². The number of halogens is 1. The van der Waals surface area contributed by atoms with Gasteiger partial charge in [0.15, 0.2) is 0 Å². The molecule has 9 nitrogen and oxygen atoms in total. The fraction of sp³-hybridized carbons (Fsp3) is 0.393. The highest BCUT2D eigenvalue weighted by molar-refractivity contribution is 7.87. The number of piperidine rings is 1. The van der Waals surface area contributed by atoms with Crippen LogP contribution in [0.4, 0.5) is 10.1 Å². The first-order valence-electron chi connectivity index (χ1n) is 13.0. The lowest BCUT2D eigenvalue weighted by atomic mass is 9.94. The Bertz CT molecular complexity index is 1690. The molecule has 2 saturated heterocycles. The van der Waals surface area contributed by atoms with E-state index in [4.69, 9.17) is 4.18 Å². The molecule has 1 N–H and O–H groups in total. The highest BCUT2D eigenvalue weighted by atomic mass is 32.2. The summed E-state index contributed by atoms with van der Waals surface area (Å²) in [5.41, 5.74) is -0.141. The van der Waals surface area contributed by atoms with E-state index in [1.807, 2.05) is 4.90 Å². The molecule has 2 atom stereocenters. The molecule has 202 valence electrons. The number of benzene rings is 2. The molecule has 39 heavy (non-hydrogen) atoms. The average Bonchev–Trinajstić information content (AvgIpc) is 3.66. The summed E-state index contributed by atoms with van der Waals surface area (Å²) < 4.78 is 47.6. The minimum atomic E-state index is -4.50. The van der Waals surface area contributed by atoms with Crippen LogP contribution in [0.3, 0.4) is 0 Å². The number of carbonyl (C=O) groups excluding carboxylic acids is 1. The average molecular weight is 551 g/mol. The van der Waals surface area contributed by atoms with Gasteiger partial charge in [0.2, 0.25) is 5.43 Å². The summed E-state index contributed by atoms with van der Waals surface area (Å²) >= 11 is 0. The first-order chi connectivity index (χ1) is 18.7. The minimum Gasteiger partial charge on any atom is -0.366 e. The Morgan fingerprint density at radius 1 is 1.18 bits per heavy atom. The van der Waals surface area contributed by atoms with Crippen molar-refractivity contribution in [3.63, 3.8) is 0 Å². The monoisotopic (exact) mass is 550 g/mol. The lowest BCUT2D eigenvalue weighted by Crippen LogP contribution is -2.40. The van der Waals surface area contributed by atoms with E-state index in [0.29, 0.717) is 19.0 Å². The van der Waals surface area contributed by atoms with Crippen LogP contribution < -0.4 is 15.6 Å². The van der Waals surface area contributed by atoms with Gasteiger partial charge in [-0.3, -0.25) is 4.79 Å². The molecule has 6 rings (SSSR count). The quantitative estimate of drug-likeness (QED) is 0.480. The van der Waals surface area contributed by atoms with Gasteiger partial charge in [0.05, 0.1) is 16.6 Å². The second-order valence-corrected chi connectivity index (χ2v) is 12.2. The lowest BCUT2D eigenvalue weighted by molar-refractivity contribution is 0.0744. The Hall–Kier alpha value is -3.75. The number of aryl methyl sites for hydroxylation is 1. The number of nitrogens with zero attached hydrogens (tertiary/aromatic N) is 3. The van der Waals surface area contributed by atoms with Crippen LogP contribution in [0.1, 0.15) is 53.2 Å². The van der Waals surface area contributed by atoms with Crippen LogP contribution in [0, 0.1) is 30.0 Å². The largest absolute Gasteiger partial charge is 0.366 e. The van der Waals surface area contributed by atoms with Crippen LogP contribution in [-0.2, 0) is 14.3 Å². The van der Waals surface area contributed by atoms with E-state index >= 15 is 4.39 Å². The minimum absolute atomic E-state index is 0.0415. The molecule has 2 aliphatic heterocycles. The van der Waals surface area contributed by atoms with Gasteiger partial charge in [-0.05, 0) is 63.3 Å². The van der Waals surface area contributed by atoms with E-state index in [-0.39, 0.29) is 39.1 Å². The Morgan fingerprint density at radius 2 is 1.92 bits per heavy atom. The van der Waals surface area contributed by atoms with Crippen molar-refractivity contribution in [1.82, 2.24) is 9.88 Å². The molecular formula is C28H27FN4O5S. The molecule has 0 radical (unpaired) electrons. The van der Waals surface area contributed by atoms with Crippen molar-refractivity contribution in [2.24, 2.45) is 5.92 Å². The summed E-state index contributed by atoms with van der Waals surface area (Å²) in [6, 6.07) is 9.02. The predicted molar refractivity (Wildman–Crippen MR) is 142 cm³/mol. The van der Waals surface area contributed by atoms with Gasteiger partial charge in [-0.25, -0.2) is 9.18 Å². The molecule has 3 fully saturated rings. The summed E-state index contributed by atoms with van der Waals surface area (Å²) in [5.74, 6) is -1.73. The number of anilines is 1. The molecule has 11 heteroatoms. The van der Waals surface area contributed by atoms with Gasteiger partial charge < -0.3 is 19.0 Å². The Balaban J connectivity index is 1.45. The summed E-state index contributed by atoms with van der Waals surface area (Å²) in [5, 5.41) is 13.5. The van der Waals surface area contributed by atoms with Gasteiger partial charge in [-0.15, -0.1) is 0 Å². The zero-order valence-electron chi connectivity index (χ0n) is 21.3. The summed E-state index contributed by atoms with van der Waals surface area (Å²) in [6.07, 6.45) is 4.80. The fourth-order valence-electron chi connectivity index (χ4n) is 5.81. The van der Waals surface area contributed by atoms with Crippen LogP contribution in [-0.4, -0.2) is 44.6 Å². The number of nitriles is 1. The smallest absolute Gasteiger partial charge is 0.359 e. The lowest BCUT2D eigenvalue weighted by Gasteiger charge is -2.24. The third kappa shape index (κ3) is 4.47. The Kier molecular flexibility index (Phi) is 6.19. The third-order valence-corrected chi connectivity index (χ3v) is 9.14. The molecule has 3 heterocycles. The number of pyridine rings is 1. The first kappa shape index (κ1) is 25.5. The number of aromatic nitrogens is 1. The molecule has 1 aromatic heterocycles. The van der Waals surface area contributed by atoms with Crippen molar-refractivity contribution < 1.29 is 21.8 Å². The van der Waals surface area contributed by atoms with Gasteiger partial charge in [-0.1, -0.05) is 17.7 Å². The third-order valence-electron chi connectivity index (χ3n) is 7.92. The number of nitrogens with one attached hydrogen (secondary N) is 1. The van der Waals surface area contributed by atoms with Gasteiger partial charge >= 0.3 is 16.1 Å². The van der Waals surface area contributed by atoms with Crippen molar-refractivity contribution in [3.05, 3.63) is 69.3 Å². The molecule has 0 bridgehead atoms. The maximum atomic E-state index is 15.7. The standard InChI is InChI=1S/C28H27FN4O5S/c1-16-4-8-19(9-5-16)39(36,37)38-28(35)22-14-33(18-6-7-18)25-20(27(22)34)11-23(29)26(21(25)12-30)32-13-17-3-2-10-31-24(17)15-32/h4-5,8-9,11,14,17-18,24,31H,2-3,6-7,10,13,15H2,1H3/t17-,24+/m0/s1. The molecule has 3 aliphatic rings. The summed E-state index contributed by atoms with van der Waals surface area (Å²) in [6.45, 7) is 3.84. The van der Waals surface area contributed by atoms with E-state index < -0.39 is 32.9 Å². The van der Waals surface area contributed by atoms with Crippen LogP contribution >= 0.6 is 0 Å². The van der Waals surface area contributed by atoms with E-state index in [1.54, 1.807) is 23.6 Å². The van der Waals surface area contributed by atoms with Gasteiger partial charge in [-0.2, -0.15) is 13.7 Å². The maximum Gasteiger partial charge on any atom is 0.359 e. The van der Waals surface area contributed by atoms with Gasteiger partial charge in [0, 0.05) is 31.4 Å². The molecule has 2 aromatic carbocycles. The molecule has 1 aliphatic carbocycles. The van der Waals surface area contributed by atoms with Crippen molar-refractivity contribution in [2.45, 2.75) is 49.6 Å². The second kappa shape index (κ2) is 9.47. The molecular weight excluding hydrogens is 523 g/mol. The Labute approximate surface area is 224 Å². The SMILES string of the molecule is Cc1ccc(S(=O)(=O)OC(=O)c2cn(C3CC3)c3c(C#N)c(N4C[C@@H]5CCCN[C@@H]5C4)c(F)cc3c2=O)cc1. The number of hydrogen-bond acceptors (Lipinski definition) is 8. The number of rotatable bonds is 5. The topological polar surface area (TPSA) is 122 Å². The number of hydrogen-bond donors (Lipinski definition) is 1. The van der Waals surface area contributed by atoms with Crippen molar-refractivity contribution in [2.75, 3.05) is 24.5 Å². The molecule has 0 amide bonds. The van der Waals surface area contributed by atoms with Crippen molar-refractivity contribution in [3.8, 4) is 6.07 Å². The zero-order valence-corrected chi connectivity index (χ0v) is 22.1. The highest BCUT2D eigenvalue weighted by Gasteiger charge is 2.38. The second-order valence-electron chi connectivity index (χ2n) is 10.6. The van der Waals surface area contributed by atoms with E-state index in [9.17, 15) is 23.3 Å². The van der Waals surface area contributed by atoms with Crippen molar-refractivity contribution >= 4 is 32.7 Å². The highest BCUT2D eigenvalue weighted by Crippen LogP contribution is 2.41. The van der Waals surface area contributed by atoms with Crippen LogP contribution in [0.25, 0.3) is 10.9 Å². The predicted octanol–water partition coefficient (Wildman–Crippen LogP) is 3.39. The van der Waals surface area contributed by atoms with E-state index in [1.165, 1.54) is 18.3 Å². The van der Waals surface area contributed by atoms with E-state index in [2.05, 4.69) is 11.4 Å². The maximum absolute atomic E-state index is 15.7. The molecule has 1 saturated carbocycles. The summed E-state index contributed by atoms with van der Waals surface area (Å²) in [7, 11) is -4.50. The van der Waals surface area contributed by atoms with Crippen LogP contribution in [0.2, 0.25) is 0 Å². The van der Waals surface area contributed by atoms with Gasteiger partial charge in [0.1, 0.15) is 27.9 Å². The first-order valence-corrected chi connectivity index (χ1v) is 14.4. The molecule has 0 spiro atoms. The van der Waals surface area contributed by atoms with E-state index in [0.717, 1.165) is 43.9 Å². The number of fused-ring (bicyclic) bond motifs is 2. The Morgan fingerprint density at radius 3 is 2.59 bits per heavy atom. The van der Waals surface area contributed by atoms with Crippen LogP contribution in [0.15, 0.2) is 46.2 Å². The normalized spacial score (nSPS) is 21.0.